The summed E-state index contributed by atoms with van der Waals surface area (Å²) in [5.41, 5.74) is 0. The summed E-state index contributed by atoms with van der Waals surface area (Å²) in [7, 11) is -4.44. The number of nitrogens with one attached hydrogen (secondary N) is 1. The Hall–Kier alpha value is -1.20. The largest absolute Gasteiger partial charge is 0.469 e. The zero-order valence-corrected chi connectivity index (χ0v) is 17.4. The molecule has 6 nitrogen and oxygen atoms in total. The molecule has 0 aromatic carbocycles. The third-order valence-corrected chi connectivity index (χ3v) is 4.26. The molecule has 0 unspecified atom stereocenters. The van der Waals surface area contributed by atoms with Gasteiger partial charge in [0.15, 0.2) is 0 Å². The van der Waals surface area contributed by atoms with E-state index in [1.165, 1.54) is 12.8 Å². The minimum atomic E-state index is -4.44. The van der Waals surface area contributed by atoms with Gasteiger partial charge < -0.3 is 15.1 Å². The van der Waals surface area contributed by atoms with Crippen LogP contribution in [-0.2, 0) is 13.9 Å². The second kappa shape index (κ2) is 18.2. The van der Waals surface area contributed by atoms with Crippen LogP contribution in [0.5, 0.6) is 0 Å². The van der Waals surface area contributed by atoms with Gasteiger partial charge in [0.2, 0.25) is 5.91 Å². The van der Waals surface area contributed by atoms with Gasteiger partial charge in [0.1, 0.15) is 0 Å². The van der Waals surface area contributed by atoms with Crippen LogP contribution in [0.2, 0.25) is 0 Å². The Morgan fingerprint density at radius 3 is 2.19 bits per heavy atom. The second-order valence-corrected chi connectivity index (χ2v) is 7.51. The molecule has 0 atom stereocenters. The van der Waals surface area contributed by atoms with Gasteiger partial charge in [-0.25, -0.2) is 4.57 Å². The number of carbonyl (C=O) groups excluding carboxylic acids is 1. The van der Waals surface area contributed by atoms with Crippen molar-refractivity contribution in [3.05, 3.63) is 36.5 Å². The Labute approximate surface area is 164 Å². The molecule has 7 heteroatoms. The molecule has 0 aliphatic rings. The summed E-state index contributed by atoms with van der Waals surface area (Å²) in [6.45, 7) is 2.06. The molecule has 0 fully saturated rings. The highest BCUT2D eigenvalue weighted by Gasteiger charge is 2.12. The highest BCUT2D eigenvalue weighted by atomic mass is 31.2. The normalized spacial score (nSPS) is 12.6. The van der Waals surface area contributed by atoms with Crippen molar-refractivity contribution in [2.75, 3.05) is 13.2 Å². The topological polar surface area (TPSA) is 95.9 Å². The fourth-order valence-corrected chi connectivity index (χ4v) is 2.68. The van der Waals surface area contributed by atoms with E-state index in [0.717, 1.165) is 44.9 Å². The maximum Gasteiger partial charge on any atom is 0.469 e. The van der Waals surface area contributed by atoms with Crippen LogP contribution in [0.4, 0.5) is 0 Å². The summed E-state index contributed by atoms with van der Waals surface area (Å²) < 4.78 is 14.7. The SMILES string of the molecule is CC/C=C\C/C=C\C/C=C\CCCCCCCC(=O)NCCOP(=O)(O)O. The van der Waals surface area contributed by atoms with Gasteiger partial charge in [-0.05, 0) is 38.5 Å². The quantitative estimate of drug-likeness (QED) is 0.185. The molecule has 0 rings (SSSR count). The molecule has 0 saturated heterocycles. The highest BCUT2D eigenvalue weighted by Crippen LogP contribution is 2.35. The molecule has 0 aromatic heterocycles. The minimum absolute atomic E-state index is 0.106. The van der Waals surface area contributed by atoms with E-state index < -0.39 is 7.82 Å². The molecule has 0 saturated carbocycles. The molecule has 1 amide bonds. The summed E-state index contributed by atoms with van der Waals surface area (Å²) in [6, 6.07) is 0. The van der Waals surface area contributed by atoms with Gasteiger partial charge in [-0.15, -0.1) is 0 Å². The molecule has 0 bridgehead atoms. The molecular weight excluding hydrogens is 365 g/mol. The number of hydrogen-bond donors (Lipinski definition) is 3. The van der Waals surface area contributed by atoms with Crippen LogP contribution < -0.4 is 5.32 Å². The van der Waals surface area contributed by atoms with Crippen LogP contribution in [0.25, 0.3) is 0 Å². The number of phosphoric acid groups is 1. The third kappa shape index (κ3) is 22.8. The number of phosphoric ester groups is 1. The lowest BCUT2D eigenvalue weighted by Gasteiger charge is -2.07. The summed E-state index contributed by atoms with van der Waals surface area (Å²) in [4.78, 5) is 28.5. The maximum atomic E-state index is 11.5. The molecule has 0 heterocycles. The first kappa shape index (κ1) is 25.8. The predicted molar refractivity (Wildman–Crippen MR) is 110 cm³/mol. The standard InChI is InChI=1S/C20H36NO5P/c1-2-3-4-5-6-7-8-9-10-11-12-13-14-15-16-17-20(22)21-18-19-26-27(23,24)25/h3-4,6-7,9-10H,2,5,8,11-19H2,1H3,(H,21,22)(H2,23,24,25)/b4-3-,7-6-,10-9-. The van der Waals surface area contributed by atoms with Crippen molar-refractivity contribution in [1.29, 1.82) is 0 Å². The van der Waals surface area contributed by atoms with Crippen molar-refractivity contribution in [1.82, 2.24) is 5.32 Å². The summed E-state index contributed by atoms with van der Waals surface area (Å²) >= 11 is 0. The lowest BCUT2D eigenvalue weighted by molar-refractivity contribution is -0.121. The van der Waals surface area contributed by atoms with E-state index in [2.05, 4.69) is 53.2 Å². The number of carbonyl (C=O) groups is 1. The lowest BCUT2D eigenvalue weighted by atomic mass is 10.1. The van der Waals surface area contributed by atoms with E-state index in [-0.39, 0.29) is 19.1 Å². The number of unbranched alkanes of at least 4 members (excludes halogenated alkanes) is 5. The molecule has 0 radical (unpaired) electrons. The van der Waals surface area contributed by atoms with Gasteiger partial charge in [-0.3, -0.25) is 9.32 Å². The van der Waals surface area contributed by atoms with Crippen LogP contribution in [0.3, 0.4) is 0 Å². The van der Waals surface area contributed by atoms with Crippen molar-refractivity contribution in [2.24, 2.45) is 0 Å². The van der Waals surface area contributed by atoms with Crippen molar-refractivity contribution in [2.45, 2.75) is 71.1 Å². The second-order valence-electron chi connectivity index (χ2n) is 6.27. The Kier molecular flexibility index (Phi) is 17.4. The number of allylic oxidation sites excluding steroid dienone is 6. The van der Waals surface area contributed by atoms with Gasteiger partial charge >= 0.3 is 7.82 Å². The molecule has 156 valence electrons. The third-order valence-electron chi connectivity index (χ3n) is 3.74. The Bertz CT molecular complexity index is 497. The zero-order valence-electron chi connectivity index (χ0n) is 16.5. The van der Waals surface area contributed by atoms with Gasteiger partial charge in [0.25, 0.3) is 0 Å². The van der Waals surface area contributed by atoms with E-state index in [1.807, 2.05) is 0 Å². The monoisotopic (exact) mass is 401 g/mol. The first-order chi connectivity index (χ1) is 13.0. The van der Waals surface area contributed by atoms with Crippen molar-refractivity contribution in [3.8, 4) is 0 Å². The Morgan fingerprint density at radius 2 is 1.52 bits per heavy atom. The van der Waals surface area contributed by atoms with Crippen LogP contribution in [0.1, 0.15) is 71.1 Å². The highest BCUT2D eigenvalue weighted by molar-refractivity contribution is 7.46. The van der Waals surface area contributed by atoms with Crippen LogP contribution >= 0.6 is 7.82 Å². The lowest BCUT2D eigenvalue weighted by Crippen LogP contribution is -2.26. The molecule has 0 spiro atoms. The molecular formula is C20H36NO5P. The van der Waals surface area contributed by atoms with E-state index in [9.17, 15) is 9.36 Å². The summed E-state index contributed by atoms with van der Waals surface area (Å²) in [6.07, 6.45) is 23.1. The number of amides is 1. The predicted octanol–water partition coefficient (Wildman–Crippen LogP) is 4.80. The van der Waals surface area contributed by atoms with Gasteiger partial charge in [-0.1, -0.05) is 62.6 Å². The maximum absolute atomic E-state index is 11.5. The van der Waals surface area contributed by atoms with E-state index in [4.69, 9.17) is 9.79 Å². The van der Waals surface area contributed by atoms with E-state index in [0.29, 0.717) is 6.42 Å². The first-order valence-electron chi connectivity index (χ1n) is 9.87. The molecule has 0 aromatic rings. The smallest absolute Gasteiger partial charge is 0.354 e. The van der Waals surface area contributed by atoms with E-state index >= 15 is 0 Å². The van der Waals surface area contributed by atoms with Gasteiger partial charge in [-0.2, -0.15) is 0 Å². The molecule has 0 aliphatic heterocycles. The number of rotatable bonds is 17. The van der Waals surface area contributed by atoms with Crippen molar-refractivity contribution >= 4 is 13.7 Å². The van der Waals surface area contributed by atoms with Gasteiger partial charge in [0, 0.05) is 13.0 Å². The summed E-state index contributed by atoms with van der Waals surface area (Å²) in [5.74, 6) is -0.106. The van der Waals surface area contributed by atoms with Crippen molar-refractivity contribution in [3.63, 3.8) is 0 Å². The van der Waals surface area contributed by atoms with Crippen molar-refractivity contribution < 1.29 is 23.7 Å². The van der Waals surface area contributed by atoms with Crippen LogP contribution in [0, 0.1) is 0 Å². The summed E-state index contributed by atoms with van der Waals surface area (Å²) in [5, 5.41) is 2.58. The van der Waals surface area contributed by atoms with Crippen LogP contribution in [-0.4, -0.2) is 28.8 Å². The fourth-order valence-electron chi connectivity index (χ4n) is 2.35. The van der Waals surface area contributed by atoms with Gasteiger partial charge in [0.05, 0.1) is 6.61 Å². The first-order valence-corrected chi connectivity index (χ1v) is 11.4. The Morgan fingerprint density at radius 1 is 0.926 bits per heavy atom. The molecule has 3 N–H and O–H groups in total. The Balaban J connectivity index is 3.37. The minimum Gasteiger partial charge on any atom is -0.354 e. The van der Waals surface area contributed by atoms with E-state index in [1.54, 1.807) is 0 Å². The number of hydrogen-bond acceptors (Lipinski definition) is 3. The van der Waals surface area contributed by atoms with Crippen LogP contribution in [0.15, 0.2) is 36.5 Å². The average Bonchev–Trinajstić information content (AvgIpc) is 2.61. The zero-order chi connectivity index (χ0) is 20.2. The fraction of sp³-hybridized carbons (Fsp3) is 0.650. The molecule has 0 aliphatic carbocycles. The molecule has 27 heavy (non-hydrogen) atoms. The average molecular weight is 401 g/mol.